The van der Waals surface area contributed by atoms with Gasteiger partial charge in [-0.05, 0) is 17.7 Å². The summed E-state index contributed by atoms with van der Waals surface area (Å²) in [6.45, 7) is 1.50. The summed E-state index contributed by atoms with van der Waals surface area (Å²) >= 11 is 0. The van der Waals surface area contributed by atoms with E-state index >= 15 is 0 Å². The van der Waals surface area contributed by atoms with Gasteiger partial charge in [-0.2, -0.15) is 0 Å². The molecular weight excluding hydrogens is 336 g/mol. The highest BCUT2D eigenvalue weighted by Crippen LogP contribution is 2.27. The number of ether oxygens (including phenoxy) is 3. The van der Waals surface area contributed by atoms with Crippen LogP contribution >= 0.6 is 12.4 Å². The molecule has 0 aromatic heterocycles. The molecule has 8 heteroatoms. The number of benzene rings is 1. The van der Waals surface area contributed by atoms with Gasteiger partial charge in [0.15, 0.2) is 0 Å². The summed E-state index contributed by atoms with van der Waals surface area (Å²) in [5.41, 5.74) is 6.27. The molecule has 3 rings (SSSR count). The zero-order valence-corrected chi connectivity index (χ0v) is 14.0. The first-order chi connectivity index (χ1) is 11.2. The van der Waals surface area contributed by atoms with Crippen molar-refractivity contribution in [3.05, 3.63) is 29.8 Å². The first-order valence-corrected chi connectivity index (χ1v) is 7.80. The maximum Gasteiger partial charge on any atom is 0.224 e. The zero-order valence-electron chi connectivity index (χ0n) is 13.2. The molecule has 2 saturated heterocycles. The van der Waals surface area contributed by atoms with E-state index in [1.54, 1.807) is 0 Å². The van der Waals surface area contributed by atoms with Crippen molar-refractivity contribution in [2.45, 2.75) is 30.8 Å². The van der Waals surface area contributed by atoms with E-state index in [1.165, 1.54) is 0 Å². The van der Waals surface area contributed by atoms with Gasteiger partial charge in [0.2, 0.25) is 5.91 Å². The summed E-state index contributed by atoms with van der Waals surface area (Å²) in [6, 6.07) is 7.17. The van der Waals surface area contributed by atoms with Crippen molar-refractivity contribution in [2.24, 2.45) is 5.73 Å². The number of nitrogens with one attached hydrogen (secondary N) is 1. The average Bonchev–Trinajstić information content (AvgIpc) is 3.10. The largest absolute Gasteiger partial charge is 0.492 e. The summed E-state index contributed by atoms with van der Waals surface area (Å²) in [7, 11) is 0. The van der Waals surface area contributed by atoms with Gasteiger partial charge in [-0.1, -0.05) is 12.1 Å². The van der Waals surface area contributed by atoms with Gasteiger partial charge in [-0.15, -0.1) is 12.4 Å². The fourth-order valence-corrected chi connectivity index (χ4v) is 2.97. The van der Waals surface area contributed by atoms with Gasteiger partial charge in [0, 0.05) is 6.54 Å². The normalized spacial score (nSPS) is 28.1. The second-order valence-electron chi connectivity index (χ2n) is 5.80. The highest BCUT2D eigenvalue weighted by molar-refractivity contribution is 5.85. The topological polar surface area (TPSA) is 103 Å². The third-order valence-electron chi connectivity index (χ3n) is 4.02. The van der Waals surface area contributed by atoms with E-state index in [-0.39, 0.29) is 49.6 Å². The molecule has 0 saturated carbocycles. The minimum absolute atomic E-state index is 0. The third kappa shape index (κ3) is 4.37. The lowest BCUT2D eigenvalue weighted by Gasteiger charge is -2.17. The minimum atomic E-state index is -0.613. The highest BCUT2D eigenvalue weighted by Gasteiger charge is 2.47. The highest BCUT2D eigenvalue weighted by atomic mass is 35.5. The van der Waals surface area contributed by atoms with Crippen molar-refractivity contribution in [1.82, 2.24) is 5.32 Å². The number of fused-ring (bicyclic) bond motifs is 1. The van der Waals surface area contributed by atoms with E-state index < -0.39 is 6.10 Å². The lowest BCUT2D eigenvalue weighted by atomic mass is 10.1. The molecule has 134 valence electrons. The van der Waals surface area contributed by atoms with Crippen LogP contribution in [0.4, 0.5) is 0 Å². The molecule has 4 atom stereocenters. The molecule has 0 bridgehead atoms. The van der Waals surface area contributed by atoms with Crippen LogP contribution in [0.25, 0.3) is 0 Å². The fourth-order valence-electron chi connectivity index (χ4n) is 2.97. The smallest absolute Gasteiger partial charge is 0.224 e. The summed E-state index contributed by atoms with van der Waals surface area (Å²) in [6.07, 6.45) is -0.976. The Balaban J connectivity index is 0.00000208. The summed E-state index contributed by atoms with van der Waals surface area (Å²) in [5, 5.41) is 12.6. The molecule has 1 aromatic carbocycles. The van der Waals surface area contributed by atoms with E-state index in [4.69, 9.17) is 19.9 Å². The number of hydrogen-bond acceptors (Lipinski definition) is 6. The number of amides is 1. The second kappa shape index (κ2) is 8.64. The third-order valence-corrected chi connectivity index (χ3v) is 4.02. The predicted octanol–water partition coefficient (Wildman–Crippen LogP) is -0.368. The Kier molecular flexibility index (Phi) is 6.82. The van der Waals surface area contributed by atoms with Gasteiger partial charge in [0.1, 0.15) is 30.7 Å². The van der Waals surface area contributed by atoms with Crippen LogP contribution in [0.5, 0.6) is 5.75 Å². The van der Waals surface area contributed by atoms with Gasteiger partial charge < -0.3 is 30.4 Å². The molecule has 2 aliphatic heterocycles. The number of carbonyl (C=O) groups excluding carboxylic acids is 1. The van der Waals surface area contributed by atoms with Crippen molar-refractivity contribution < 1.29 is 24.1 Å². The number of rotatable bonds is 6. The average molecular weight is 359 g/mol. The first-order valence-electron chi connectivity index (χ1n) is 7.80. The Morgan fingerprint density at radius 3 is 2.92 bits per heavy atom. The van der Waals surface area contributed by atoms with Crippen LogP contribution in [-0.4, -0.2) is 61.7 Å². The molecule has 0 unspecified atom stereocenters. The number of nitrogens with two attached hydrogens (primary N) is 1. The second-order valence-corrected chi connectivity index (χ2v) is 5.80. The number of aliphatic hydroxyl groups is 1. The Labute approximate surface area is 146 Å². The van der Waals surface area contributed by atoms with E-state index in [9.17, 15) is 9.90 Å². The van der Waals surface area contributed by atoms with Gasteiger partial charge >= 0.3 is 0 Å². The van der Waals surface area contributed by atoms with Gasteiger partial charge in [-0.25, -0.2) is 0 Å². The maximum atomic E-state index is 12.2. The number of carbonyl (C=O) groups is 1. The lowest BCUT2D eigenvalue weighted by molar-refractivity contribution is -0.121. The van der Waals surface area contributed by atoms with Gasteiger partial charge in [0.25, 0.3) is 0 Å². The predicted molar refractivity (Wildman–Crippen MR) is 89.4 cm³/mol. The van der Waals surface area contributed by atoms with Crippen LogP contribution in [0.2, 0.25) is 0 Å². The molecule has 0 spiro atoms. The van der Waals surface area contributed by atoms with Crippen LogP contribution in [0, 0.1) is 0 Å². The zero-order chi connectivity index (χ0) is 16.2. The molecule has 2 fully saturated rings. The maximum absolute atomic E-state index is 12.2. The first kappa shape index (κ1) is 19.0. The van der Waals surface area contributed by atoms with E-state index in [2.05, 4.69) is 5.32 Å². The van der Waals surface area contributed by atoms with Gasteiger partial charge in [0.05, 0.1) is 25.7 Å². The molecular formula is C16H23ClN2O5. The van der Waals surface area contributed by atoms with Crippen molar-refractivity contribution in [3.63, 3.8) is 0 Å². The SMILES string of the molecule is Cl.NCCOc1cccc(CC(=O)N[C@@H]2CO[C@H]3[C@@H]2OC[C@H]3O)c1. The molecule has 24 heavy (non-hydrogen) atoms. The molecule has 0 aliphatic carbocycles. The molecule has 4 N–H and O–H groups in total. The quantitative estimate of drug-likeness (QED) is 0.641. The molecule has 2 heterocycles. The minimum Gasteiger partial charge on any atom is -0.492 e. The van der Waals surface area contributed by atoms with Crippen molar-refractivity contribution in [2.75, 3.05) is 26.4 Å². The fraction of sp³-hybridized carbons (Fsp3) is 0.562. The summed E-state index contributed by atoms with van der Waals surface area (Å²) in [4.78, 5) is 12.2. The summed E-state index contributed by atoms with van der Waals surface area (Å²) < 4.78 is 16.4. The Hall–Kier alpha value is -1.38. The molecule has 0 radical (unpaired) electrons. The van der Waals surface area contributed by atoms with Crippen molar-refractivity contribution in [3.8, 4) is 5.75 Å². The van der Waals surface area contributed by atoms with Crippen LogP contribution in [-0.2, 0) is 20.7 Å². The van der Waals surface area contributed by atoms with Crippen LogP contribution in [0.3, 0.4) is 0 Å². The van der Waals surface area contributed by atoms with Crippen LogP contribution in [0.15, 0.2) is 24.3 Å². The molecule has 1 aromatic rings. The Morgan fingerprint density at radius 2 is 2.12 bits per heavy atom. The summed E-state index contributed by atoms with van der Waals surface area (Å²) in [5.74, 6) is 0.590. The van der Waals surface area contributed by atoms with E-state index in [0.29, 0.717) is 25.5 Å². The van der Waals surface area contributed by atoms with E-state index in [0.717, 1.165) is 5.56 Å². The lowest BCUT2D eigenvalue weighted by Crippen LogP contribution is -2.44. The Bertz CT molecular complexity index is 559. The molecule has 7 nitrogen and oxygen atoms in total. The molecule has 1 amide bonds. The number of hydrogen-bond donors (Lipinski definition) is 3. The monoisotopic (exact) mass is 358 g/mol. The van der Waals surface area contributed by atoms with Crippen molar-refractivity contribution in [1.29, 1.82) is 0 Å². The van der Waals surface area contributed by atoms with E-state index in [1.807, 2.05) is 24.3 Å². The van der Waals surface area contributed by atoms with Gasteiger partial charge in [-0.3, -0.25) is 4.79 Å². The van der Waals surface area contributed by atoms with Crippen molar-refractivity contribution >= 4 is 18.3 Å². The van der Waals surface area contributed by atoms with Crippen LogP contribution < -0.4 is 15.8 Å². The molecule has 2 aliphatic rings. The number of aliphatic hydroxyl groups excluding tert-OH is 1. The standard InChI is InChI=1S/C16H22N2O5.ClH/c17-4-5-21-11-3-1-2-10(6-11)7-14(20)18-12-8-22-16-13(19)9-23-15(12)16;/h1-3,6,12-13,15-16,19H,4-5,7-9,17H2,(H,18,20);1H/t12-,13-,15-,16-;/m1./s1. The number of halogens is 1. The Morgan fingerprint density at radius 1 is 1.33 bits per heavy atom. The van der Waals surface area contributed by atoms with Crippen LogP contribution in [0.1, 0.15) is 5.56 Å².